The van der Waals surface area contributed by atoms with Crippen LogP contribution in [0.3, 0.4) is 0 Å². The molecule has 0 aromatic heterocycles. The average molecular weight is 211 g/mol. The van der Waals surface area contributed by atoms with Gasteiger partial charge in [0.1, 0.15) is 0 Å². The first-order chi connectivity index (χ1) is 7.25. The standard InChI is InChI=1S/C12H25N3/c1-14(9-11-4-3-5-11)10-12-8-13-6-7-15(12)2/h11-13H,3-10H2,1-2H3. The molecular formula is C12H25N3. The Balaban J connectivity index is 1.69. The van der Waals surface area contributed by atoms with Crippen LogP contribution >= 0.6 is 0 Å². The van der Waals surface area contributed by atoms with Crippen LogP contribution in [-0.2, 0) is 0 Å². The van der Waals surface area contributed by atoms with Crippen LogP contribution < -0.4 is 5.32 Å². The zero-order valence-electron chi connectivity index (χ0n) is 10.2. The van der Waals surface area contributed by atoms with Crippen LogP contribution in [0.2, 0.25) is 0 Å². The molecule has 1 aliphatic carbocycles. The number of hydrogen-bond donors (Lipinski definition) is 1. The second-order valence-corrected chi connectivity index (χ2v) is 5.36. The number of hydrogen-bond acceptors (Lipinski definition) is 3. The molecule has 2 rings (SSSR count). The minimum absolute atomic E-state index is 0.712. The number of likely N-dealkylation sites (N-methyl/N-ethyl adjacent to an activating group) is 2. The van der Waals surface area contributed by atoms with Crippen LogP contribution in [0.15, 0.2) is 0 Å². The lowest BCUT2D eigenvalue weighted by Crippen LogP contribution is -2.54. The molecule has 0 bridgehead atoms. The van der Waals surface area contributed by atoms with Gasteiger partial charge in [0.2, 0.25) is 0 Å². The lowest BCUT2D eigenvalue weighted by molar-refractivity contribution is 0.129. The van der Waals surface area contributed by atoms with E-state index in [2.05, 4.69) is 29.2 Å². The Morgan fingerprint density at radius 3 is 2.73 bits per heavy atom. The Kier molecular flexibility index (Phi) is 4.00. The Bertz CT molecular complexity index is 191. The molecule has 0 aromatic rings. The molecule has 1 aliphatic heterocycles. The molecule has 0 radical (unpaired) electrons. The van der Waals surface area contributed by atoms with Crippen molar-refractivity contribution in [3.05, 3.63) is 0 Å². The summed E-state index contributed by atoms with van der Waals surface area (Å²) in [4.78, 5) is 5.02. The van der Waals surface area contributed by atoms with Crippen molar-refractivity contribution < 1.29 is 0 Å². The van der Waals surface area contributed by atoms with Crippen molar-refractivity contribution in [1.29, 1.82) is 0 Å². The van der Waals surface area contributed by atoms with Crippen LogP contribution in [0, 0.1) is 5.92 Å². The molecule has 1 saturated heterocycles. The van der Waals surface area contributed by atoms with Crippen molar-refractivity contribution in [2.45, 2.75) is 25.3 Å². The normalized spacial score (nSPS) is 29.4. The van der Waals surface area contributed by atoms with E-state index in [0.717, 1.165) is 19.0 Å². The lowest BCUT2D eigenvalue weighted by atomic mass is 9.85. The quantitative estimate of drug-likeness (QED) is 0.735. The minimum atomic E-state index is 0.712. The fraction of sp³-hybridized carbons (Fsp3) is 1.00. The topological polar surface area (TPSA) is 18.5 Å². The van der Waals surface area contributed by atoms with E-state index in [9.17, 15) is 0 Å². The molecule has 2 aliphatic rings. The second kappa shape index (κ2) is 5.28. The SMILES string of the molecule is CN(CC1CCC1)CC1CNCCN1C. The third-order valence-corrected chi connectivity index (χ3v) is 3.96. The van der Waals surface area contributed by atoms with E-state index >= 15 is 0 Å². The van der Waals surface area contributed by atoms with Crippen molar-refractivity contribution in [2.24, 2.45) is 5.92 Å². The summed E-state index contributed by atoms with van der Waals surface area (Å²) in [6.07, 6.45) is 4.38. The van der Waals surface area contributed by atoms with Crippen LogP contribution in [-0.4, -0.2) is 62.7 Å². The van der Waals surface area contributed by atoms with Gasteiger partial charge < -0.3 is 10.2 Å². The van der Waals surface area contributed by atoms with Gasteiger partial charge in [0.05, 0.1) is 0 Å². The highest BCUT2D eigenvalue weighted by molar-refractivity contribution is 4.81. The summed E-state index contributed by atoms with van der Waals surface area (Å²) in [6, 6.07) is 0.712. The van der Waals surface area contributed by atoms with Crippen LogP contribution in [0.1, 0.15) is 19.3 Å². The fourth-order valence-electron chi connectivity index (χ4n) is 2.62. The fourth-order valence-corrected chi connectivity index (χ4v) is 2.62. The van der Waals surface area contributed by atoms with Gasteiger partial charge in [-0.1, -0.05) is 6.42 Å². The number of piperazine rings is 1. The van der Waals surface area contributed by atoms with E-state index in [1.807, 2.05) is 0 Å². The molecule has 0 amide bonds. The van der Waals surface area contributed by atoms with Gasteiger partial charge in [0, 0.05) is 38.8 Å². The summed E-state index contributed by atoms with van der Waals surface area (Å²) >= 11 is 0. The molecule has 3 heteroatoms. The predicted octanol–water partition coefficient (Wildman–Crippen LogP) is 0.622. The highest BCUT2D eigenvalue weighted by Crippen LogP contribution is 2.26. The van der Waals surface area contributed by atoms with Gasteiger partial charge in [-0.15, -0.1) is 0 Å². The Morgan fingerprint density at radius 2 is 2.13 bits per heavy atom. The highest BCUT2D eigenvalue weighted by Gasteiger charge is 2.23. The zero-order valence-corrected chi connectivity index (χ0v) is 10.2. The molecule has 1 N–H and O–H groups in total. The number of nitrogens with zero attached hydrogens (tertiary/aromatic N) is 2. The van der Waals surface area contributed by atoms with Crippen LogP contribution in [0.4, 0.5) is 0 Å². The lowest BCUT2D eigenvalue weighted by Gasteiger charge is -2.37. The molecule has 1 saturated carbocycles. The summed E-state index contributed by atoms with van der Waals surface area (Å²) in [6.45, 7) is 6.04. The van der Waals surface area contributed by atoms with E-state index < -0.39 is 0 Å². The van der Waals surface area contributed by atoms with E-state index in [1.165, 1.54) is 38.9 Å². The van der Waals surface area contributed by atoms with E-state index in [0.29, 0.717) is 6.04 Å². The van der Waals surface area contributed by atoms with Crippen molar-refractivity contribution in [2.75, 3.05) is 46.8 Å². The molecule has 1 atom stereocenters. The maximum Gasteiger partial charge on any atom is 0.0345 e. The van der Waals surface area contributed by atoms with Gasteiger partial charge in [0.15, 0.2) is 0 Å². The maximum absolute atomic E-state index is 3.48. The zero-order chi connectivity index (χ0) is 10.7. The molecule has 0 aromatic carbocycles. The Labute approximate surface area is 93.8 Å². The molecule has 0 spiro atoms. The summed E-state index contributed by atoms with van der Waals surface area (Å²) < 4.78 is 0. The predicted molar refractivity (Wildman–Crippen MR) is 64.1 cm³/mol. The third kappa shape index (κ3) is 3.16. The molecule has 2 fully saturated rings. The summed E-state index contributed by atoms with van der Waals surface area (Å²) in [5, 5.41) is 3.48. The van der Waals surface area contributed by atoms with Gasteiger partial charge in [-0.25, -0.2) is 0 Å². The van der Waals surface area contributed by atoms with E-state index in [4.69, 9.17) is 0 Å². The second-order valence-electron chi connectivity index (χ2n) is 5.36. The molecule has 1 heterocycles. The minimum Gasteiger partial charge on any atom is -0.314 e. The van der Waals surface area contributed by atoms with Gasteiger partial charge in [-0.3, -0.25) is 4.90 Å². The number of rotatable bonds is 4. The third-order valence-electron chi connectivity index (χ3n) is 3.96. The summed E-state index contributed by atoms with van der Waals surface area (Å²) in [7, 11) is 4.53. The van der Waals surface area contributed by atoms with Gasteiger partial charge in [-0.2, -0.15) is 0 Å². The van der Waals surface area contributed by atoms with Gasteiger partial charge in [0.25, 0.3) is 0 Å². The van der Waals surface area contributed by atoms with Crippen molar-refractivity contribution in [3.63, 3.8) is 0 Å². The van der Waals surface area contributed by atoms with Gasteiger partial charge >= 0.3 is 0 Å². The first-order valence-corrected chi connectivity index (χ1v) is 6.35. The highest BCUT2D eigenvalue weighted by atomic mass is 15.2. The van der Waals surface area contributed by atoms with Gasteiger partial charge in [-0.05, 0) is 32.9 Å². The number of nitrogens with one attached hydrogen (secondary N) is 1. The maximum atomic E-state index is 3.48. The average Bonchev–Trinajstić information content (AvgIpc) is 2.16. The monoisotopic (exact) mass is 211 g/mol. The van der Waals surface area contributed by atoms with E-state index in [-0.39, 0.29) is 0 Å². The first-order valence-electron chi connectivity index (χ1n) is 6.35. The Hall–Kier alpha value is -0.120. The molecule has 1 unspecified atom stereocenters. The van der Waals surface area contributed by atoms with Crippen LogP contribution in [0.5, 0.6) is 0 Å². The molecule has 3 nitrogen and oxygen atoms in total. The first kappa shape index (κ1) is 11.4. The summed E-state index contributed by atoms with van der Waals surface area (Å²) in [5.41, 5.74) is 0. The smallest absolute Gasteiger partial charge is 0.0345 e. The molecule has 88 valence electrons. The van der Waals surface area contributed by atoms with E-state index in [1.54, 1.807) is 0 Å². The molecule has 15 heavy (non-hydrogen) atoms. The largest absolute Gasteiger partial charge is 0.314 e. The van der Waals surface area contributed by atoms with Crippen molar-refractivity contribution in [1.82, 2.24) is 15.1 Å². The van der Waals surface area contributed by atoms with Crippen molar-refractivity contribution in [3.8, 4) is 0 Å². The summed E-state index contributed by atoms with van der Waals surface area (Å²) in [5.74, 6) is 0.997. The van der Waals surface area contributed by atoms with Crippen LogP contribution in [0.25, 0.3) is 0 Å². The van der Waals surface area contributed by atoms with Crippen molar-refractivity contribution >= 4 is 0 Å². The molecular weight excluding hydrogens is 186 g/mol. The Morgan fingerprint density at radius 1 is 1.33 bits per heavy atom.